The number of nitrogens with one attached hydrogen (secondary N) is 2. The molecule has 152 valence electrons. The Bertz CT molecular complexity index is 978. The van der Waals surface area contributed by atoms with Gasteiger partial charge in [-0.05, 0) is 38.1 Å². The third kappa shape index (κ3) is 4.13. The lowest BCUT2D eigenvalue weighted by molar-refractivity contribution is -0.136. The highest BCUT2D eigenvalue weighted by Crippen LogP contribution is 2.34. The number of anilines is 2. The van der Waals surface area contributed by atoms with Crippen molar-refractivity contribution < 1.29 is 23.0 Å². The van der Waals surface area contributed by atoms with Gasteiger partial charge in [-0.3, -0.25) is 9.79 Å². The lowest BCUT2D eigenvalue weighted by atomic mass is 10.0. The summed E-state index contributed by atoms with van der Waals surface area (Å²) < 4.78 is 39.6. The molecule has 2 N–H and O–H groups in total. The van der Waals surface area contributed by atoms with E-state index in [4.69, 9.17) is 9.47 Å². The van der Waals surface area contributed by atoms with E-state index in [2.05, 4.69) is 15.6 Å². The number of carbonyl (C=O) groups excluding carboxylic acids is 1. The molecule has 2 aliphatic heterocycles. The normalized spacial score (nSPS) is 22.7. The minimum absolute atomic E-state index is 0.169. The van der Waals surface area contributed by atoms with Crippen LogP contribution in [0.1, 0.15) is 25.3 Å². The summed E-state index contributed by atoms with van der Waals surface area (Å²) in [6.07, 6.45) is 1.16. The van der Waals surface area contributed by atoms with E-state index in [9.17, 15) is 13.6 Å². The Balaban J connectivity index is 1.43. The van der Waals surface area contributed by atoms with Crippen LogP contribution in [0, 0.1) is 11.6 Å². The van der Waals surface area contributed by atoms with Crippen molar-refractivity contribution in [3.05, 3.63) is 53.6 Å². The molecule has 0 radical (unpaired) electrons. The highest BCUT2D eigenvalue weighted by molar-refractivity contribution is 6.12. The third-order valence-electron chi connectivity index (χ3n) is 4.82. The van der Waals surface area contributed by atoms with Crippen LogP contribution in [0.5, 0.6) is 0 Å². The molecule has 29 heavy (non-hydrogen) atoms. The first-order valence-electron chi connectivity index (χ1n) is 9.31. The Morgan fingerprint density at radius 1 is 1.28 bits per heavy atom. The molecule has 2 atom stereocenters. The second-order valence-electron chi connectivity index (χ2n) is 7.44. The number of hydrogen-bond acceptors (Lipinski definition) is 5. The zero-order valence-corrected chi connectivity index (χ0v) is 16.0. The molecule has 0 saturated carbocycles. The van der Waals surface area contributed by atoms with Crippen LogP contribution in [0.25, 0.3) is 0 Å². The fourth-order valence-corrected chi connectivity index (χ4v) is 3.42. The van der Waals surface area contributed by atoms with E-state index < -0.39 is 23.3 Å². The molecule has 0 bridgehead atoms. The van der Waals surface area contributed by atoms with Gasteiger partial charge in [0, 0.05) is 30.1 Å². The number of carbonyl (C=O) groups is 1. The van der Waals surface area contributed by atoms with Gasteiger partial charge in [0.1, 0.15) is 23.7 Å². The number of amides is 1. The number of hydrogen-bond donors (Lipinski definition) is 2. The largest absolute Gasteiger partial charge is 0.380 e. The number of aliphatic imine (C=N–C) groups is 1. The predicted molar refractivity (Wildman–Crippen MR) is 106 cm³/mol. The number of rotatable bonds is 5. The van der Waals surface area contributed by atoms with Crippen molar-refractivity contribution in [2.24, 2.45) is 4.99 Å². The molecule has 2 aromatic carbocycles. The molecule has 0 spiro atoms. The van der Waals surface area contributed by atoms with Gasteiger partial charge in [0.2, 0.25) is 5.91 Å². The molecule has 2 aromatic rings. The predicted octanol–water partition coefficient (Wildman–Crippen LogP) is 3.97. The minimum Gasteiger partial charge on any atom is -0.380 e. The van der Waals surface area contributed by atoms with Crippen LogP contribution in [-0.2, 0) is 14.3 Å². The van der Waals surface area contributed by atoms with Crippen LogP contribution in [0.3, 0.4) is 0 Å². The average Bonchev–Trinajstić information content (AvgIpc) is 3.18. The van der Waals surface area contributed by atoms with E-state index in [1.165, 1.54) is 24.4 Å². The van der Waals surface area contributed by atoms with Crippen LogP contribution in [0.4, 0.5) is 25.8 Å². The maximum atomic E-state index is 14.4. The van der Waals surface area contributed by atoms with Crippen molar-refractivity contribution >= 4 is 29.2 Å². The van der Waals surface area contributed by atoms with Gasteiger partial charge in [-0.2, -0.15) is 0 Å². The first-order valence-corrected chi connectivity index (χ1v) is 9.31. The Labute approximate surface area is 166 Å². The van der Waals surface area contributed by atoms with E-state index in [1.807, 2.05) is 13.8 Å². The summed E-state index contributed by atoms with van der Waals surface area (Å²) >= 11 is 0. The van der Waals surface area contributed by atoms with Crippen LogP contribution >= 0.6 is 0 Å². The van der Waals surface area contributed by atoms with E-state index in [0.29, 0.717) is 30.2 Å². The molecule has 2 heterocycles. The molecule has 6 nitrogen and oxygen atoms in total. The van der Waals surface area contributed by atoms with Crippen molar-refractivity contribution in [2.45, 2.75) is 31.7 Å². The van der Waals surface area contributed by atoms with Gasteiger partial charge in [0.25, 0.3) is 0 Å². The van der Waals surface area contributed by atoms with Gasteiger partial charge < -0.3 is 20.1 Å². The third-order valence-corrected chi connectivity index (χ3v) is 4.82. The van der Waals surface area contributed by atoms with Crippen LogP contribution < -0.4 is 10.6 Å². The van der Waals surface area contributed by atoms with E-state index in [-0.39, 0.29) is 17.6 Å². The zero-order valence-electron chi connectivity index (χ0n) is 16.0. The second-order valence-corrected chi connectivity index (χ2v) is 7.44. The summed E-state index contributed by atoms with van der Waals surface area (Å²) in [4.78, 5) is 16.3. The lowest BCUT2D eigenvalue weighted by Crippen LogP contribution is -2.26. The van der Waals surface area contributed by atoms with Gasteiger partial charge in [-0.25, -0.2) is 8.78 Å². The molecule has 4 rings (SSSR count). The van der Waals surface area contributed by atoms with Crippen LogP contribution in [0.2, 0.25) is 0 Å². The fourth-order valence-electron chi connectivity index (χ4n) is 3.42. The smallest absolute Gasteiger partial charge is 0.237 e. The van der Waals surface area contributed by atoms with Gasteiger partial charge in [-0.15, -0.1) is 0 Å². The summed E-state index contributed by atoms with van der Waals surface area (Å²) in [6.45, 7) is 4.50. The number of benzene rings is 2. The van der Waals surface area contributed by atoms with Crippen molar-refractivity contribution in [1.29, 1.82) is 0 Å². The summed E-state index contributed by atoms with van der Waals surface area (Å²) in [7, 11) is 0. The average molecular weight is 401 g/mol. The topological polar surface area (TPSA) is 72.0 Å². The van der Waals surface area contributed by atoms with Crippen LogP contribution in [0.15, 0.2) is 41.4 Å². The quantitative estimate of drug-likeness (QED) is 0.744. The standard InChI is InChI=1S/C21H21F2N3O3/c1-21(2)28-11-13(29-21)9-25-17-7-6-12(8-16(17)23)24-10-14-19-15(22)4-3-5-18(19)26-20(14)27/h3-8,10,13-14,25H,9,11H2,1-2H3,(H,26,27). The molecule has 0 aliphatic carbocycles. The maximum Gasteiger partial charge on any atom is 0.237 e. The Morgan fingerprint density at radius 2 is 2.10 bits per heavy atom. The maximum absolute atomic E-state index is 14.4. The van der Waals surface area contributed by atoms with Crippen molar-refractivity contribution in [3.63, 3.8) is 0 Å². The highest BCUT2D eigenvalue weighted by Gasteiger charge is 2.33. The van der Waals surface area contributed by atoms with E-state index >= 15 is 0 Å². The van der Waals surface area contributed by atoms with Gasteiger partial charge in [0.05, 0.1) is 18.0 Å². The minimum atomic E-state index is -0.852. The fraction of sp³-hybridized carbons (Fsp3) is 0.333. The lowest BCUT2D eigenvalue weighted by Gasteiger charge is -2.17. The summed E-state index contributed by atoms with van der Waals surface area (Å²) in [5.41, 5.74) is 1.32. The van der Waals surface area contributed by atoms with E-state index in [1.54, 1.807) is 18.2 Å². The number of ether oxygens (including phenoxy) is 2. The second kappa shape index (κ2) is 7.53. The highest BCUT2D eigenvalue weighted by atomic mass is 19.1. The first kappa shape index (κ1) is 19.5. The molecular weight excluding hydrogens is 380 g/mol. The molecule has 2 aliphatic rings. The Hall–Kier alpha value is -2.84. The molecular formula is C21H21F2N3O3. The number of fused-ring (bicyclic) bond motifs is 1. The molecule has 8 heteroatoms. The van der Waals surface area contributed by atoms with Crippen molar-refractivity contribution in [2.75, 3.05) is 23.8 Å². The summed E-state index contributed by atoms with van der Waals surface area (Å²) in [5.74, 6) is -2.82. The summed E-state index contributed by atoms with van der Waals surface area (Å²) in [6, 6.07) is 8.88. The van der Waals surface area contributed by atoms with Crippen molar-refractivity contribution in [3.8, 4) is 0 Å². The van der Waals surface area contributed by atoms with Gasteiger partial charge >= 0.3 is 0 Å². The number of nitrogens with zero attached hydrogens (tertiary/aromatic N) is 1. The SMILES string of the molecule is CC1(C)OCC(CNc2ccc(N=CC3C(=O)Nc4cccc(F)c43)cc2F)O1. The van der Waals surface area contributed by atoms with Crippen LogP contribution in [-0.4, -0.2) is 37.2 Å². The molecule has 2 unspecified atom stereocenters. The molecule has 1 fully saturated rings. The Kier molecular flexibility index (Phi) is 5.06. The summed E-state index contributed by atoms with van der Waals surface area (Å²) in [5, 5.41) is 5.62. The molecule has 1 saturated heterocycles. The number of halogens is 2. The van der Waals surface area contributed by atoms with E-state index in [0.717, 1.165) is 0 Å². The molecule has 1 amide bonds. The zero-order chi connectivity index (χ0) is 20.6. The molecule has 0 aromatic heterocycles. The van der Waals surface area contributed by atoms with Gasteiger partial charge in [0.15, 0.2) is 5.79 Å². The first-order chi connectivity index (χ1) is 13.8. The monoisotopic (exact) mass is 401 g/mol. The van der Waals surface area contributed by atoms with Crippen molar-refractivity contribution in [1.82, 2.24) is 0 Å². The van der Waals surface area contributed by atoms with Gasteiger partial charge in [-0.1, -0.05) is 6.07 Å². The Morgan fingerprint density at radius 3 is 2.83 bits per heavy atom.